The number of nitrogens with one attached hydrogen (secondary N) is 1. The van der Waals surface area contributed by atoms with Gasteiger partial charge in [-0.3, -0.25) is 4.68 Å². The summed E-state index contributed by atoms with van der Waals surface area (Å²) in [6.07, 6.45) is 4.31. The minimum absolute atomic E-state index is 0. The molecule has 8 heteroatoms. The molecule has 27 heavy (non-hydrogen) atoms. The molecule has 2 aromatic heterocycles. The molecule has 0 spiro atoms. The first-order chi connectivity index (χ1) is 12.7. The molecule has 1 N–H and O–H groups in total. The summed E-state index contributed by atoms with van der Waals surface area (Å²) < 4.78 is 7.44. The van der Waals surface area contributed by atoms with Gasteiger partial charge in [-0.25, -0.2) is 0 Å². The van der Waals surface area contributed by atoms with Crippen molar-refractivity contribution in [1.82, 2.24) is 30.1 Å². The molecule has 1 unspecified atom stereocenters. The van der Waals surface area contributed by atoms with Crippen LogP contribution in [0.3, 0.4) is 0 Å². The molecule has 0 amide bonds. The minimum Gasteiger partial charge on any atom is -0.332 e. The van der Waals surface area contributed by atoms with Gasteiger partial charge < -0.3 is 14.7 Å². The van der Waals surface area contributed by atoms with Crippen molar-refractivity contribution in [1.29, 1.82) is 0 Å². The number of benzene rings is 1. The van der Waals surface area contributed by atoms with Crippen LogP contribution in [0.25, 0.3) is 23.0 Å². The second-order valence-electron chi connectivity index (χ2n) is 7.04. The molecule has 1 fully saturated rings. The molecule has 144 valence electrons. The van der Waals surface area contributed by atoms with Crippen LogP contribution in [0, 0.1) is 0 Å². The maximum absolute atomic E-state index is 5.44. The first-order valence-corrected chi connectivity index (χ1v) is 9.03. The van der Waals surface area contributed by atoms with E-state index in [0.717, 1.165) is 37.3 Å². The predicted octanol–water partition coefficient (Wildman–Crippen LogP) is 3.01. The smallest absolute Gasteiger partial charge is 0.278 e. The highest BCUT2D eigenvalue weighted by molar-refractivity contribution is 5.85. The van der Waals surface area contributed by atoms with E-state index in [0.29, 0.717) is 17.8 Å². The Morgan fingerprint density at radius 1 is 1.22 bits per heavy atom. The van der Waals surface area contributed by atoms with Crippen LogP contribution in [0.5, 0.6) is 0 Å². The number of nitrogens with zero attached hydrogens (tertiary/aromatic N) is 5. The molecule has 0 saturated carbocycles. The molecule has 4 rings (SSSR count). The molecule has 1 aliphatic rings. The van der Waals surface area contributed by atoms with Gasteiger partial charge in [0, 0.05) is 24.8 Å². The molecule has 1 saturated heterocycles. The van der Waals surface area contributed by atoms with E-state index in [4.69, 9.17) is 4.52 Å². The van der Waals surface area contributed by atoms with Crippen molar-refractivity contribution in [2.75, 3.05) is 27.2 Å². The standard InChI is InChI=1S/C19H24N6O.ClH/c1-24(2)13-14-5-7-15(8-6-14)18-21-19(26-23-18)17-9-11-25(22-17)16-4-3-10-20-12-16;/h5-9,11,16,20H,3-4,10,12-13H2,1-2H3;1H. The van der Waals surface area contributed by atoms with E-state index in [-0.39, 0.29) is 12.4 Å². The van der Waals surface area contributed by atoms with Gasteiger partial charge in [0.15, 0.2) is 5.69 Å². The molecule has 0 bridgehead atoms. The molecular weight excluding hydrogens is 364 g/mol. The van der Waals surface area contributed by atoms with Crippen LogP contribution in [0.4, 0.5) is 0 Å². The van der Waals surface area contributed by atoms with Crippen molar-refractivity contribution in [2.24, 2.45) is 0 Å². The van der Waals surface area contributed by atoms with Crippen molar-refractivity contribution in [2.45, 2.75) is 25.4 Å². The van der Waals surface area contributed by atoms with Crippen LogP contribution in [0.2, 0.25) is 0 Å². The van der Waals surface area contributed by atoms with Gasteiger partial charge in [0.2, 0.25) is 5.82 Å². The number of halogens is 1. The van der Waals surface area contributed by atoms with E-state index >= 15 is 0 Å². The third kappa shape index (κ3) is 4.55. The van der Waals surface area contributed by atoms with E-state index in [2.05, 4.69) is 51.7 Å². The van der Waals surface area contributed by atoms with E-state index < -0.39 is 0 Å². The average molecular weight is 389 g/mol. The van der Waals surface area contributed by atoms with E-state index in [1.807, 2.05) is 29.1 Å². The van der Waals surface area contributed by atoms with Crippen molar-refractivity contribution in [3.63, 3.8) is 0 Å². The largest absolute Gasteiger partial charge is 0.332 e. The van der Waals surface area contributed by atoms with Gasteiger partial charge in [0.1, 0.15) is 0 Å². The summed E-state index contributed by atoms with van der Waals surface area (Å²) in [5.74, 6) is 1.05. The topological polar surface area (TPSA) is 72.0 Å². The summed E-state index contributed by atoms with van der Waals surface area (Å²) in [5.41, 5.74) is 2.92. The van der Waals surface area contributed by atoms with Gasteiger partial charge in [0.25, 0.3) is 5.89 Å². The lowest BCUT2D eigenvalue weighted by molar-refractivity contribution is 0.346. The number of hydrogen-bond acceptors (Lipinski definition) is 6. The quantitative estimate of drug-likeness (QED) is 0.724. The fourth-order valence-corrected chi connectivity index (χ4v) is 3.28. The van der Waals surface area contributed by atoms with Crippen LogP contribution >= 0.6 is 12.4 Å². The fourth-order valence-electron chi connectivity index (χ4n) is 3.28. The van der Waals surface area contributed by atoms with Crippen LogP contribution < -0.4 is 5.32 Å². The summed E-state index contributed by atoms with van der Waals surface area (Å²) in [4.78, 5) is 6.66. The lowest BCUT2D eigenvalue weighted by Crippen LogP contribution is -2.31. The Hall–Kier alpha value is -2.22. The highest BCUT2D eigenvalue weighted by atomic mass is 35.5. The molecular formula is C19H25ClN6O. The molecule has 7 nitrogen and oxygen atoms in total. The number of aromatic nitrogens is 4. The van der Waals surface area contributed by atoms with Crippen LogP contribution in [0.15, 0.2) is 41.1 Å². The third-order valence-electron chi connectivity index (χ3n) is 4.61. The highest BCUT2D eigenvalue weighted by Crippen LogP contribution is 2.23. The Labute approximate surface area is 165 Å². The molecule has 3 heterocycles. The van der Waals surface area contributed by atoms with Gasteiger partial charge in [-0.1, -0.05) is 29.4 Å². The van der Waals surface area contributed by atoms with Gasteiger partial charge in [-0.05, 0) is 45.1 Å². The molecule has 3 aromatic rings. The van der Waals surface area contributed by atoms with Crippen LogP contribution in [-0.2, 0) is 6.54 Å². The monoisotopic (exact) mass is 388 g/mol. The van der Waals surface area contributed by atoms with Gasteiger partial charge in [-0.2, -0.15) is 10.1 Å². The van der Waals surface area contributed by atoms with E-state index in [1.54, 1.807) is 0 Å². The third-order valence-corrected chi connectivity index (χ3v) is 4.61. The first kappa shape index (κ1) is 19.5. The van der Waals surface area contributed by atoms with Crippen molar-refractivity contribution < 1.29 is 4.52 Å². The zero-order chi connectivity index (χ0) is 17.9. The predicted molar refractivity (Wildman–Crippen MR) is 107 cm³/mol. The van der Waals surface area contributed by atoms with Gasteiger partial charge in [-0.15, -0.1) is 12.4 Å². The van der Waals surface area contributed by atoms with Gasteiger partial charge in [0.05, 0.1) is 6.04 Å². The normalized spacial score (nSPS) is 17.1. The van der Waals surface area contributed by atoms with Crippen molar-refractivity contribution >= 4 is 12.4 Å². The molecule has 0 radical (unpaired) electrons. The lowest BCUT2D eigenvalue weighted by atomic mass is 10.1. The maximum Gasteiger partial charge on any atom is 0.278 e. The molecule has 1 aliphatic heterocycles. The zero-order valence-corrected chi connectivity index (χ0v) is 16.4. The Bertz CT molecular complexity index is 851. The Kier molecular flexibility index (Phi) is 6.26. The van der Waals surface area contributed by atoms with Crippen molar-refractivity contribution in [3.8, 4) is 23.0 Å². The molecule has 1 aromatic carbocycles. The second kappa shape index (κ2) is 8.65. The summed E-state index contributed by atoms with van der Waals surface area (Å²) in [7, 11) is 4.11. The minimum atomic E-state index is 0. The summed E-state index contributed by atoms with van der Waals surface area (Å²) in [6.45, 7) is 2.95. The molecule has 1 atom stereocenters. The second-order valence-corrected chi connectivity index (χ2v) is 7.04. The zero-order valence-electron chi connectivity index (χ0n) is 15.6. The maximum atomic E-state index is 5.44. The van der Waals surface area contributed by atoms with Gasteiger partial charge >= 0.3 is 0 Å². The number of rotatable bonds is 5. The number of hydrogen-bond donors (Lipinski definition) is 1. The highest BCUT2D eigenvalue weighted by Gasteiger charge is 2.18. The van der Waals surface area contributed by atoms with Crippen LogP contribution in [-0.4, -0.2) is 52.0 Å². The van der Waals surface area contributed by atoms with Crippen LogP contribution in [0.1, 0.15) is 24.4 Å². The summed E-state index contributed by atoms with van der Waals surface area (Å²) in [6, 6.07) is 10.6. The average Bonchev–Trinajstić information content (AvgIpc) is 3.32. The lowest BCUT2D eigenvalue weighted by Gasteiger charge is -2.22. The fraction of sp³-hybridized carbons (Fsp3) is 0.421. The summed E-state index contributed by atoms with van der Waals surface area (Å²) in [5, 5.41) is 12.2. The summed E-state index contributed by atoms with van der Waals surface area (Å²) >= 11 is 0. The van der Waals surface area contributed by atoms with E-state index in [9.17, 15) is 0 Å². The van der Waals surface area contributed by atoms with Crippen molar-refractivity contribution in [3.05, 3.63) is 42.1 Å². The number of piperidine rings is 1. The Morgan fingerprint density at radius 2 is 2.04 bits per heavy atom. The SMILES string of the molecule is CN(C)Cc1ccc(-c2noc(-c3ccn(C4CCCNC4)n3)n2)cc1.Cl. The Morgan fingerprint density at radius 3 is 2.74 bits per heavy atom. The molecule has 0 aliphatic carbocycles. The Balaban J connectivity index is 0.00000210. The first-order valence-electron chi connectivity index (χ1n) is 9.03. The van der Waals surface area contributed by atoms with E-state index in [1.165, 1.54) is 12.0 Å².